The van der Waals surface area contributed by atoms with E-state index in [-0.39, 0.29) is 11.4 Å². The monoisotopic (exact) mass is 419 g/mol. The number of nitrogens with zero attached hydrogens (tertiary/aromatic N) is 3. The normalized spacial score (nSPS) is 13.7. The molecule has 0 fully saturated rings. The quantitative estimate of drug-likeness (QED) is 0.573. The van der Waals surface area contributed by atoms with Crippen molar-refractivity contribution >= 4 is 38.9 Å². The number of anilines is 1. The van der Waals surface area contributed by atoms with Crippen molar-refractivity contribution in [2.45, 2.75) is 18.2 Å². The van der Waals surface area contributed by atoms with Crippen LogP contribution in [0, 0.1) is 6.92 Å². The van der Waals surface area contributed by atoms with Gasteiger partial charge in [-0.25, -0.2) is 18.4 Å². The molecule has 5 nitrogen and oxygen atoms in total. The van der Waals surface area contributed by atoms with Crippen molar-refractivity contribution in [3.05, 3.63) is 70.1 Å². The number of sulfonamides is 1. The number of halogens is 2. The fraction of sp³-hybridized carbons (Fsp3) is 0.158. The van der Waals surface area contributed by atoms with Crippen molar-refractivity contribution in [3.8, 4) is 11.3 Å². The molecule has 3 aromatic rings. The van der Waals surface area contributed by atoms with E-state index < -0.39 is 10.0 Å². The predicted molar refractivity (Wildman–Crippen MR) is 107 cm³/mol. The first-order valence-corrected chi connectivity index (χ1v) is 10.5. The summed E-state index contributed by atoms with van der Waals surface area (Å²) in [6.07, 6.45) is 1.77. The highest BCUT2D eigenvalue weighted by atomic mass is 35.5. The van der Waals surface area contributed by atoms with E-state index in [0.717, 1.165) is 11.1 Å². The molecule has 0 radical (unpaired) electrons. The van der Waals surface area contributed by atoms with Gasteiger partial charge in [-0.2, -0.15) is 0 Å². The van der Waals surface area contributed by atoms with Gasteiger partial charge in [0.25, 0.3) is 10.0 Å². The topological polar surface area (TPSA) is 63.2 Å². The Bertz CT molecular complexity index is 1130. The first kappa shape index (κ1) is 18.2. The van der Waals surface area contributed by atoms with E-state index in [1.165, 1.54) is 10.6 Å². The van der Waals surface area contributed by atoms with Gasteiger partial charge in [0.1, 0.15) is 11.5 Å². The smallest absolute Gasteiger partial charge is 0.264 e. The molecule has 0 amide bonds. The molecule has 0 aliphatic carbocycles. The lowest BCUT2D eigenvalue weighted by Gasteiger charge is -2.24. The van der Waals surface area contributed by atoms with E-state index >= 15 is 0 Å². The van der Waals surface area contributed by atoms with Crippen molar-refractivity contribution in [2.75, 3.05) is 10.8 Å². The molecular weight excluding hydrogens is 405 g/mol. The molecule has 2 heterocycles. The number of hydrogen-bond acceptors (Lipinski definition) is 4. The lowest BCUT2D eigenvalue weighted by atomic mass is 10.1. The summed E-state index contributed by atoms with van der Waals surface area (Å²) in [5, 5.41) is 0.775. The van der Waals surface area contributed by atoms with E-state index in [1.807, 2.05) is 6.92 Å². The molecule has 0 atom stereocenters. The molecule has 0 N–H and O–H groups in total. The van der Waals surface area contributed by atoms with Gasteiger partial charge in [-0.05, 0) is 43.7 Å². The van der Waals surface area contributed by atoms with Gasteiger partial charge >= 0.3 is 0 Å². The summed E-state index contributed by atoms with van der Waals surface area (Å²) in [5.74, 6) is 0. The van der Waals surface area contributed by atoms with Crippen LogP contribution in [-0.4, -0.2) is 24.9 Å². The molecule has 0 bridgehead atoms. The zero-order valence-corrected chi connectivity index (χ0v) is 16.7. The Morgan fingerprint density at radius 1 is 1.04 bits per heavy atom. The highest BCUT2D eigenvalue weighted by Crippen LogP contribution is 2.40. The lowest BCUT2D eigenvalue weighted by molar-refractivity contribution is 0.591. The molecule has 0 spiro atoms. The Balaban J connectivity index is 1.93. The van der Waals surface area contributed by atoms with Crippen molar-refractivity contribution in [3.63, 3.8) is 0 Å². The molecule has 1 aliphatic rings. The molecule has 138 valence electrons. The zero-order valence-electron chi connectivity index (χ0n) is 14.4. The van der Waals surface area contributed by atoms with Gasteiger partial charge in [-0.15, -0.1) is 0 Å². The first-order valence-electron chi connectivity index (χ1n) is 8.26. The van der Waals surface area contributed by atoms with Crippen LogP contribution in [0.5, 0.6) is 0 Å². The Labute approximate surface area is 167 Å². The molecule has 0 saturated heterocycles. The van der Waals surface area contributed by atoms with Crippen LogP contribution in [0.15, 0.2) is 53.7 Å². The Hall–Kier alpha value is -2.15. The number of rotatable bonds is 2. The minimum Gasteiger partial charge on any atom is -0.265 e. The Kier molecular flexibility index (Phi) is 4.58. The molecule has 4 rings (SSSR count). The van der Waals surface area contributed by atoms with Crippen LogP contribution in [0.3, 0.4) is 0 Å². The molecule has 1 aromatic heterocycles. The fourth-order valence-electron chi connectivity index (χ4n) is 3.18. The molecule has 2 aromatic carbocycles. The molecule has 27 heavy (non-hydrogen) atoms. The second-order valence-electron chi connectivity index (χ2n) is 6.29. The summed E-state index contributed by atoms with van der Waals surface area (Å²) in [6.45, 7) is 2.12. The summed E-state index contributed by atoms with van der Waals surface area (Å²) in [6, 6.07) is 11.9. The Morgan fingerprint density at radius 3 is 2.52 bits per heavy atom. The third-order valence-electron chi connectivity index (χ3n) is 4.55. The van der Waals surface area contributed by atoms with E-state index in [0.29, 0.717) is 33.5 Å². The Morgan fingerprint density at radius 2 is 1.78 bits per heavy atom. The van der Waals surface area contributed by atoms with Gasteiger partial charge in [0.15, 0.2) is 0 Å². The maximum Gasteiger partial charge on any atom is 0.264 e. The van der Waals surface area contributed by atoms with Crippen LogP contribution < -0.4 is 4.31 Å². The van der Waals surface area contributed by atoms with E-state index in [2.05, 4.69) is 9.97 Å². The number of benzene rings is 2. The van der Waals surface area contributed by atoms with Crippen molar-refractivity contribution in [1.82, 2.24) is 9.97 Å². The third kappa shape index (κ3) is 3.18. The highest BCUT2D eigenvalue weighted by molar-refractivity contribution is 7.92. The van der Waals surface area contributed by atoms with Crippen molar-refractivity contribution in [2.24, 2.45) is 0 Å². The number of fused-ring (bicyclic) bond motifs is 3. The van der Waals surface area contributed by atoms with Gasteiger partial charge in [0, 0.05) is 22.7 Å². The molecule has 0 unspecified atom stereocenters. The fourth-order valence-corrected chi connectivity index (χ4v) is 5.05. The summed E-state index contributed by atoms with van der Waals surface area (Å²) >= 11 is 12.5. The third-order valence-corrected chi connectivity index (χ3v) is 6.94. The van der Waals surface area contributed by atoms with Crippen LogP contribution in [-0.2, 0) is 16.4 Å². The van der Waals surface area contributed by atoms with Crippen LogP contribution in [0.1, 0.15) is 11.1 Å². The zero-order chi connectivity index (χ0) is 19.2. The maximum absolute atomic E-state index is 13.4. The average molecular weight is 420 g/mol. The van der Waals surface area contributed by atoms with Crippen molar-refractivity contribution < 1.29 is 8.42 Å². The molecule has 8 heteroatoms. The second-order valence-corrected chi connectivity index (χ2v) is 8.95. The minimum atomic E-state index is -3.78. The average Bonchev–Trinajstić information content (AvgIpc) is 2.80. The largest absolute Gasteiger partial charge is 0.265 e. The highest BCUT2D eigenvalue weighted by Gasteiger charge is 2.31. The summed E-state index contributed by atoms with van der Waals surface area (Å²) in [5.41, 5.74) is 3.49. The van der Waals surface area contributed by atoms with Crippen molar-refractivity contribution in [1.29, 1.82) is 0 Å². The maximum atomic E-state index is 13.4. The SMILES string of the molecule is Cc1ccc(S(=O)(=O)N2CCc3c(Cl)ncnc3-c3ccc(Cl)cc32)cc1. The first-order chi connectivity index (χ1) is 12.9. The van der Waals surface area contributed by atoms with E-state index in [1.54, 1.807) is 42.5 Å². The molecule has 0 saturated carbocycles. The lowest BCUT2D eigenvalue weighted by Crippen LogP contribution is -2.32. The summed E-state index contributed by atoms with van der Waals surface area (Å²) in [7, 11) is -3.78. The van der Waals surface area contributed by atoms with Gasteiger partial charge < -0.3 is 0 Å². The number of aromatic nitrogens is 2. The summed E-state index contributed by atoms with van der Waals surface area (Å²) < 4.78 is 28.1. The van der Waals surface area contributed by atoms with Gasteiger partial charge in [0.2, 0.25) is 0 Å². The van der Waals surface area contributed by atoms with Gasteiger partial charge in [-0.1, -0.05) is 40.9 Å². The molecular formula is C19H15Cl2N3O2S. The van der Waals surface area contributed by atoms with Crippen LogP contribution in [0.2, 0.25) is 10.2 Å². The number of hydrogen-bond donors (Lipinski definition) is 0. The predicted octanol–water partition coefficient (Wildman–Crippen LogP) is 4.51. The number of aryl methyl sites for hydroxylation is 1. The van der Waals surface area contributed by atoms with Crippen LogP contribution in [0.4, 0.5) is 5.69 Å². The standard InChI is InChI=1S/C19H15Cl2N3O2S/c1-12-2-5-14(6-3-12)27(25,26)24-9-8-16-18(22-11-23-19(16)21)15-7-4-13(20)10-17(15)24/h2-7,10-11H,8-9H2,1H3. The van der Waals surface area contributed by atoms with E-state index in [9.17, 15) is 8.42 Å². The second kappa shape index (κ2) is 6.78. The van der Waals surface area contributed by atoms with Crippen LogP contribution in [0.25, 0.3) is 11.3 Å². The van der Waals surface area contributed by atoms with Crippen LogP contribution >= 0.6 is 23.2 Å². The summed E-state index contributed by atoms with van der Waals surface area (Å²) in [4.78, 5) is 8.62. The minimum absolute atomic E-state index is 0.212. The van der Waals surface area contributed by atoms with Gasteiger partial charge in [0.05, 0.1) is 16.3 Å². The van der Waals surface area contributed by atoms with Gasteiger partial charge in [-0.3, -0.25) is 4.31 Å². The molecule has 1 aliphatic heterocycles. The van der Waals surface area contributed by atoms with E-state index in [4.69, 9.17) is 23.2 Å².